The Balaban J connectivity index is 2.34. The summed E-state index contributed by atoms with van der Waals surface area (Å²) < 4.78 is 5.06. The molecule has 2 N–H and O–H groups in total. The van der Waals surface area contributed by atoms with Crippen LogP contribution in [0.4, 0.5) is 5.69 Å². The van der Waals surface area contributed by atoms with Gasteiger partial charge in [0.25, 0.3) is 0 Å². The van der Waals surface area contributed by atoms with Crippen molar-refractivity contribution in [3.63, 3.8) is 0 Å². The number of nitro groups is 1. The Kier molecular flexibility index (Phi) is 3.87. The third-order valence-electron chi connectivity index (χ3n) is 3.55. The first kappa shape index (κ1) is 15.2. The van der Waals surface area contributed by atoms with Gasteiger partial charge >= 0.3 is 5.69 Å². The summed E-state index contributed by atoms with van der Waals surface area (Å²) in [5.41, 5.74) is 6.54. The summed E-state index contributed by atoms with van der Waals surface area (Å²) in [6.45, 7) is 4.19. The minimum absolute atomic E-state index is 0.0856. The summed E-state index contributed by atoms with van der Waals surface area (Å²) in [6, 6.07) is 3.17. The summed E-state index contributed by atoms with van der Waals surface area (Å²) in [5, 5.41) is 11.1. The number of hydrogen-bond donors (Lipinski definition) is 1. The van der Waals surface area contributed by atoms with Crippen LogP contribution in [0.1, 0.15) is 25.0 Å². The normalized spacial score (nSPS) is 14.6. The molecule has 7 heteroatoms. The van der Waals surface area contributed by atoms with Crippen molar-refractivity contribution in [1.29, 1.82) is 0 Å². The Bertz CT molecular complexity index is 593. The summed E-state index contributed by atoms with van der Waals surface area (Å²) in [7, 11) is 1.41. The Morgan fingerprint density at radius 3 is 2.62 bits per heavy atom. The average Bonchev–Trinajstić information content (AvgIpc) is 2.43. The van der Waals surface area contributed by atoms with E-state index in [0.29, 0.717) is 19.5 Å². The molecule has 7 nitrogen and oxygen atoms in total. The second-order valence-corrected chi connectivity index (χ2v) is 5.75. The van der Waals surface area contributed by atoms with Crippen LogP contribution in [0.2, 0.25) is 0 Å². The highest BCUT2D eigenvalue weighted by Gasteiger charge is 2.31. The van der Waals surface area contributed by atoms with Crippen molar-refractivity contribution in [2.45, 2.75) is 32.4 Å². The second-order valence-electron chi connectivity index (χ2n) is 5.75. The lowest BCUT2D eigenvalue weighted by atomic mass is 9.96. The van der Waals surface area contributed by atoms with E-state index in [1.54, 1.807) is 24.8 Å². The zero-order chi connectivity index (χ0) is 15.8. The van der Waals surface area contributed by atoms with Gasteiger partial charge in [0, 0.05) is 19.2 Å². The van der Waals surface area contributed by atoms with Crippen LogP contribution in [0.15, 0.2) is 12.1 Å². The van der Waals surface area contributed by atoms with Gasteiger partial charge in [-0.1, -0.05) is 0 Å². The maximum Gasteiger partial charge on any atom is 0.311 e. The quantitative estimate of drug-likeness (QED) is 0.667. The Hall–Kier alpha value is -2.15. The van der Waals surface area contributed by atoms with Crippen molar-refractivity contribution < 1.29 is 14.5 Å². The molecule has 0 saturated heterocycles. The van der Waals surface area contributed by atoms with Gasteiger partial charge in [0.15, 0.2) is 5.75 Å². The van der Waals surface area contributed by atoms with Gasteiger partial charge < -0.3 is 15.4 Å². The molecule has 114 valence electrons. The molecule has 1 aliphatic heterocycles. The number of carbonyl (C=O) groups excluding carboxylic acids is 1. The van der Waals surface area contributed by atoms with Gasteiger partial charge in [-0.15, -0.1) is 0 Å². The van der Waals surface area contributed by atoms with E-state index < -0.39 is 10.5 Å². The van der Waals surface area contributed by atoms with Gasteiger partial charge in [0.2, 0.25) is 5.91 Å². The largest absolute Gasteiger partial charge is 0.490 e. The van der Waals surface area contributed by atoms with Crippen LogP contribution in [0, 0.1) is 10.1 Å². The molecule has 1 amide bonds. The first-order valence-electron chi connectivity index (χ1n) is 6.66. The monoisotopic (exact) mass is 293 g/mol. The van der Waals surface area contributed by atoms with Crippen molar-refractivity contribution >= 4 is 11.6 Å². The summed E-state index contributed by atoms with van der Waals surface area (Å²) in [5.74, 6) is 0.0873. The van der Waals surface area contributed by atoms with E-state index >= 15 is 0 Å². The van der Waals surface area contributed by atoms with Crippen LogP contribution in [-0.4, -0.2) is 34.9 Å². The third-order valence-corrected chi connectivity index (χ3v) is 3.55. The van der Waals surface area contributed by atoms with Crippen LogP contribution < -0.4 is 10.5 Å². The number of ether oxygens (including phenoxy) is 1. The van der Waals surface area contributed by atoms with Crippen LogP contribution >= 0.6 is 0 Å². The molecule has 1 heterocycles. The smallest absolute Gasteiger partial charge is 0.311 e. The van der Waals surface area contributed by atoms with E-state index in [0.717, 1.165) is 11.1 Å². The standard InChI is InChI=1S/C14H19N3O4/c1-14(2,15)13(18)16-5-4-9-7-12(21-3)11(17(19)20)6-10(9)8-16/h6-7H,4-5,8,15H2,1-3H3. The van der Waals surface area contributed by atoms with E-state index in [9.17, 15) is 14.9 Å². The first-order valence-corrected chi connectivity index (χ1v) is 6.66. The van der Waals surface area contributed by atoms with Crippen molar-refractivity contribution in [3.05, 3.63) is 33.4 Å². The Morgan fingerprint density at radius 2 is 2.10 bits per heavy atom. The highest BCUT2D eigenvalue weighted by molar-refractivity contribution is 5.85. The number of benzene rings is 1. The first-order chi connectivity index (χ1) is 9.74. The Labute approximate surface area is 122 Å². The number of amides is 1. The van der Waals surface area contributed by atoms with Gasteiger partial charge in [-0.05, 0) is 37.5 Å². The van der Waals surface area contributed by atoms with Gasteiger partial charge in [-0.3, -0.25) is 14.9 Å². The van der Waals surface area contributed by atoms with Gasteiger partial charge in [0.1, 0.15) is 0 Å². The molecule has 0 spiro atoms. The highest BCUT2D eigenvalue weighted by Crippen LogP contribution is 2.33. The van der Waals surface area contributed by atoms with Crippen molar-refractivity contribution in [3.8, 4) is 5.75 Å². The van der Waals surface area contributed by atoms with Gasteiger partial charge in [-0.2, -0.15) is 0 Å². The molecule has 0 radical (unpaired) electrons. The SMILES string of the molecule is COc1cc2c(cc1[N+](=O)[O-])CN(C(=O)C(C)(C)N)CC2. The average molecular weight is 293 g/mol. The number of rotatable bonds is 3. The predicted molar refractivity (Wildman–Crippen MR) is 77.0 cm³/mol. The van der Waals surface area contributed by atoms with Crippen molar-refractivity contribution in [2.75, 3.05) is 13.7 Å². The van der Waals surface area contributed by atoms with E-state index in [2.05, 4.69) is 0 Å². The van der Waals surface area contributed by atoms with Gasteiger partial charge in [-0.25, -0.2) is 0 Å². The minimum Gasteiger partial charge on any atom is -0.490 e. The van der Waals surface area contributed by atoms with Crippen LogP contribution in [-0.2, 0) is 17.8 Å². The maximum absolute atomic E-state index is 12.2. The highest BCUT2D eigenvalue weighted by atomic mass is 16.6. The molecule has 1 aliphatic rings. The van der Waals surface area contributed by atoms with Crippen molar-refractivity contribution in [1.82, 2.24) is 4.90 Å². The van der Waals surface area contributed by atoms with Crippen LogP contribution in [0.25, 0.3) is 0 Å². The fourth-order valence-corrected chi connectivity index (χ4v) is 2.46. The van der Waals surface area contributed by atoms with Crippen LogP contribution in [0.3, 0.4) is 0 Å². The molecule has 0 unspecified atom stereocenters. The third kappa shape index (κ3) is 2.97. The number of nitrogens with zero attached hydrogens (tertiary/aromatic N) is 2. The number of fused-ring (bicyclic) bond motifs is 1. The Morgan fingerprint density at radius 1 is 1.43 bits per heavy atom. The molecular formula is C14H19N3O4. The van der Waals surface area contributed by atoms with Crippen molar-refractivity contribution in [2.24, 2.45) is 5.73 Å². The van der Waals surface area contributed by atoms with E-state index in [-0.39, 0.29) is 17.3 Å². The van der Waals surface area contributed by atoms with Gasteiger partial charge in [0.05, 0.1) is 17.6 Å². The number of carbonyl (C=O) groups is 1. The summed E-state index contributed by atoms with van der Waals surface area (Å²) in [6.07, 6.45) is 0.630. The molecule has 0 aromatic heterocycles. The van der Waals surface area contributed by atoms with E-state index in [4.69, 9.17) is 10.5 Å². The van der Waals surface area contributed by atoms with Crippen LogP contribution in [0.5, 0.6) is 5.75 Å². The molecule has 0 atom stereocenters. The number of nitro benzene ring substituents is 1. The fraction of sp³-hybridized carbons (Fsp3) is 0.500. The lowest BCUT2D eigenvalue weighted by Gasteiger charge is -2.33. The fourth-order valence-electron chi connectivity index (χ4n) is 2.46. The number of hydrogen-bond acceptors (Lipinski definition) is 5. The minimum atomic E-state index is -0.949. The molecule has 1 aromatic rings. The molecule has 21 heavy (non-hydrogen) atoms. The zero-order valence-electron chi connectivity index (χ0n) is 12.4. The van der Waals surface area contributed by atoms with E-state index in [1.165, 1.54) is 13.2 Å². The summed E-state index contributed by atoms with van der Waals surface area (Å²) >= 11 is 0. The molecule has 0 saturated carbocycles. The molecule has 2 rings (SSSR count). The lowest BCUT2D eigenvalue weighted by Crippen LogP contribution is -2.52. The molecule has 0 aliphatic carbocycles. The number of nitrogens with two attached hydrogens (primary N) is 1. The zero-order valence-corrected chi connectivity index (χ0v) is 12.4. The number of methoxy groups -OCH3 is 1. The molecule has 0 bridgehead atoms. The van der Waals surface area contributed by atoms with E-state index in [1.807, 2.05) is 0 Å². The maximum atomic E-state index is 12.2. The second kappa shape index (κ2) is 5.33. The molecule has 1 aromatic carbocycles. The molecule has 0 fully saturated rings. The topological polar surface area (TPSA) is 98.7 Å². The predicted octanol–water partition coefficient (Wildman–Crippen LogP) is 1.23. The molecular weight excluding hydrogens is 274 g/mol. The summed E-state index contributed by atoms with van der Waals surface area (Å²) in [4.78, 5) is 24.4. The lowest BCUT2D eigenvalue weighted by molar-refractivity contribution is -0.385.